The predicted molar refractivity (Wildman–Crippen MR) is 151 cm³/mol. The van der Waals surface area contributed by atoms with Gasteiger partial charge in [0, 0.05) is 0 Å². The normalized spacial score (nSPS) is 17.4. The van der Waals surface area contributed by atoms with Crippen molar-refractivity contribution in [2.24, 2.45) is 0 Å². The zero-order valence-electron chi connectivity index (χ0n) is 20.2. The van der Waals surface area contributed by atoms with E-state index in [-0.39, 0.29) is 0 Å². The van der Waals surface area contributed by atoms with Crippen LogP contribution in [0.3, 0.4) is 0 Å². The minimum Gasteiger partial charge on any atom is -0.0907 e. The third kappa shape index (κ3) is 4.30. The maximum atomic E-state index is 2.47. The molecule has 3 aromatic carbocycles. The van der Waals surface area contributed by atoms with E-state index < -0.39 is 6.89 Å². The topological polar surface area (TPSA) is 0 Å². The van der Waals surface area contributed by atoms with E-state index in [1.807, 2.05) is 5.19 Å². The van der Waals surface area contributed by atoms with Crippen LogP contribution in [0.5, 0.6) is 0 Å². The van der Waals surface area contributed by atoms with Crippen molar-refractivity contribution in [2.75, 3.05) is 0 Å². The van der Waals surface area contributed by atoms with Crippen molar-refractivity contribution in [1.82, 2.24) is 0 Å². The van der Waals surface area contributed by atoms with Gasteiger partial charge in [-0.15, -0.1) is 0 Å². The lowest BCUT2D eigenvalue weighted by atomic mass is 9.31. The molecule has 0 bridgehead atoms. The Kier molecular flexibility index (Phi) is 7.27. The van der Waals surface area contributed by atoms with Crippen molar-refractivity contribution < 1.29 is 0 Å². The Hall–Kier alpha value is -1.98. The van der Waals surface area contributed by atoms with Crippen molar-refractivity contribution in [3.8, 4) is 0 Å². The molecule has 170 valence electrons. The van der Waals surface area contributed by atoms with Gasteiger partial charge in [-0.3, -0.25) is 0 Å². The first-order valence-corrected chi connectivity index (χ1v) is 15.1. The molecule has 0 nitrogen and oxygen atoms in total. The van der Waals surface area contributed by atoms with Gasteiger partial charge in [0.1, 0.15) is 0 Å². The lowest BCUT2D eigenvalue weighted by molar-refractivity contribution is 0.785. The highest BCUT2D eigenvalue weighted by atomic mass is 31.2. The molecular weight excluding hydrogens is 414 g/mol. The molecule has 0 spiro atoms. The quantitative estimate of drug-likeness (QED) is 0.257. The average Bonchev–Trinajstić information content (AvgIpc) is 3.61. The summed E-state index contributed by atoms with van der Waals surface area (Å²) < 4.78 is 0. The smallest absolute Gasteiger partial charge is 0.0907 e. The molecule has 33 heavy (non-hydrogen) atoms. The molecule has 0 aromatic heterocycles. The molecule has 3 aromatic rings. The fourth-order valence-corrected chi connectivity index (χ4v) is 12.2. The molecule has 2 saturated carbocycles. The van der Waals surface area contributed by atoms with Gasteiger partial charge in [0.2, 0.25) is 0 Å². The molecule has 0 atom stereocenters. The number of benzene rings is 3. The second kappa shape index (κ2) is 10.5. The Balaban J connectivity index is 1.90. The first-order valence-electron chi connectivity index (χ1n) is 13.3. The summed E-state index contributed by atoms with van der Waals surface area (Å²) in [5, 5.41) is 6.51. The minimum absolute atomic E-state index is 0.758. The van der Waals surface area contributed by atoms with Gasteiger partial charge in [-0.25, -0.2) is 0 Å². The van der Waals surface area contributed by atoms with E-state index in [4.69, 9.17) is 0 Å². The minimum atomic E-state index is -1.91. The van der Waals surface area contributed by atoms with Crippen LogP contribution < -0.4 is 15.9 Å². The Bertz CT molecular complexity index is 942. The molecule has 0 amide bonds. The Morgan fingerprint density at radius 2 is 0.939 bits per heavy atom. The van der Waals surface area contributed by atoms with E-state index in [2.05, 4.69) is 97.9 Å². The standard InChI is InChI=1S/C31H38BP/c1-2-31(32(26-16-12-13-17-26)27-18-14-15-19-27)33(28-20-6-3-7-21-28,29-22-8-4-9-23-29)30-24-10-5-11-25-30/h3-11,20-27H,2,12-19H2,1H3. The van der Waals surface area contributed by atoms with E-state index in [1.165, 1.54) is 57.8 Å². The van der Waals surface area contributed by atoms with Crippen LogP contribution in [0.2, 0.25) is 11.6 Å². The van der Waals surface area contributed by atoms with Crippen LogP contribution in [0.4, 0.5) is 0 Å². The fourth-order valence-electron chi connectivity index (χ4n) is 7.16. The van der Waals surface area contributed by atoms with E-state index >= 15 is 0 Å². The van der Waals surface area contributed by atoms with Crippen LogP contribution in [-0.4, -0.2) is 11.9 Å². The third-order valence-corrected chi connectivity index (χ3v) is 13.1. The Labute approximate surface area is 201 Å². The molecule has 2 heteroatoms. The van der Waals surface area contributed by atoms with Gasteiger partial charge in [0.05, 0.1) is 0 Å². The van der Waals surface area contributed by atoms with Crippen LogP contribution in [0, 0.1) is 0 Å². The fraction of sp³-hybridized carbons (Fsp3) is 0.387. The maximum Gasteiger partial charge on any atom is 0.178 e. The highest BCUT2D eigenvalue weighted by Crippen LogP contribution is 2.53. The first kappa shape index (κ1) is 22.8. The zero-order valence-corrected chi connectivity index (χ0v) is 21.1. The molecule has 2 aliphatic carbocycles. The molecule has 2 fully saturated rings. The summed E-state index contributed by atoms with van der Waals surface area (Å²) in [7, 11) is 0. The summed E-state index contributed by atoms with van der Waals surface area (Å²) in [4.78, 5) is 0. The first-order chi connectivity index (χ1) is 16.4. The Morgan fingerprint density at radius 3 is 1.24 bits per heavy atom. The van der Waals surface area contributed by atoms with Crippen LogP contribution in [0.15, 0.2) is 91.0 Å². The van der Waals surface area contributed by atoms with Crippen molar-refractivity contribution in [2.45, 2.75) is 76.3 Å². The van der Waals surface area contributed by atoms with Gasteiger partial charge in [0.25, 0.3) is 0 Å². The second-order valence-corrected chi connectivity index (χ2v) is 13.6. The van der Waals surface area contributed by atoms with Gasteiger partial charge < -0.3 is 0 Å². The molecule has 0 unspecified atom stereocenters. The largest absolute Gasteiger partial charge is 0.178 e. The van der Waals surface area contributed by atoms with Crippen molar-refractivity contribution in [1.29, 1.82) is 0 Å². The highest BCUT2D eigenvalue weighted by molar-refractivity contribution is 7.97. The molecule has 0 saturated heterocycles. The average molecular weight is 452 g/mol. The summed E-state index contributed by atoms with van der Waals surface area (Å²) in [6, 6.07) is 34.8. The summed E-state index contributed by atoms with van der Waals surface area (Å²) >= 11 is 0. The van der Waals surface area contributed by atoms with Crippen LogP contribution in [-0.2, 0) is 0 Å². The van der Waals surface area contributed by atoms with E-state index in [0.717, 1.165) is 18.3 Å². The molecule has 0 N–H and O–H groups in total. The second-order valence-electron chi connectivity index (χ2n) is 10.1. The Morgan fingerprint density at radius 1 is 0.606 bits per heavy atom. The van der Waals surface area contributed by atoms with E-state index in [1.54, 1.807) is 15.9 Å². The summed E-state index contributed by atoms with van der Waals surface area (Å²) in [6.07, 6.45) is 12.6. The van der Waals surface area contributed by atoms with E-state index in [9.17, 15) is 0 Å². The van der Waals surface area contributed by atoms with Crippen molar-refractivity contribution >= 4 is 34.7 Å². The SMILES string of the molecule is CCC(B(C1CCCC1)C1CCCC1)=P(c1ccccc1)(c1ccccc1)c1ccccc1. The van der Waals surface area contributed by atoms with Crippen LogP contribution >= 0.6 is 6.89 Å². The number of rotatable bonds is 7. The van der Waals surface area contributed by atoms with Gasteiger partial charge in [-0.1, -0.05) is 166 Å². The lowest BCUT2D eigenvalue weighted by Gasteiger charge is -2.39. The highest BCUT2D eigenvalue weighted by Gasteiger charge is 2.42. The van der Waals surface area contributed by atoms with Crippen LogP contribution in [0.25, 0.3) is 0 Å². The lowest BCUT2D eigenvalue weighted by Crippen LogP contribution is -2.41. The molecule has 2 aliphatic rings. The third-order valence-electron chi connectivity index (χ3n) is 8.42. The van der Waals surface area contributed by atoms with E-state index in [0.29, 0.717) is 0 Å². The zero-order chi connectivity index (χ0) is 22.5. The monoisotopic (exact) mass is 452 g/mol. The molecule has 5 rings (SSSR count). The molecule has 0 radical (unpaired) electrons. The summed E-state index contributed by atoms with van der Waals surface area (Å²) in [6.45, 7) is 1.32. The van der Waals surface area contributed by atoms with Gasteiger partial charge in [-0.2, -0.15) is 0 Å². The molecule has 0 aliphatic heterocycles. The predicted octanol–water partition coefficient (Wildman–Crippen LogP) is 7.49. The summed E-state index contributed by atoms with van der Waals surface area (Å²) in [5.41, 5.74) is 0. The number of hydrogen-bond acceptors (Lipinski definition) is 0. The summed E-state index contributed by atoms with van der Waals surface area (Å²) in [5.74, 6) is 1.75. The molecule has 0 heterocycles. The van der Waals surface area contributed by atoms with Gasteiger partial charge in [0.15, 0.2) is 6.71 Å². The number of hydrogen-bond donors (Lipinski definition) is 0. The van der Waals surface area contributed by atoms with Gasteiger partial charge >= 0.3 is 0 Å². The maximum absolute atomic E-state index is 2.47. The van der Waals surface area contributed by atoms with Crippen LogP contribution in [0.1, 0.15) is 64.7 Å². The van der Waals surface area contributed by atoms with Crippen molar-refractivity contribution in [3.63, 3.8) is 0 Å². The van der Waals surface area contributed by atoms with Gasteiger partial charge in [-0.05, 0) is 29.2 Å². The molecular formula is C31H38BP. The van der Waals surface area contributed by atoms with Crippen molar-refractivity contribution in [3.05, 3.63) is 91.0 Å².